The predicted molar refractivity (Wildman–Crippen MR) is 238 cm³/mol. The van der Waals surface area contributed by atoms with E-state index in [-0.39, 0.29) is 37.6 Å². The molecular formula is C44H56Cl2N4O16. The van der Waals surface area contributed by atoms with Gasteiger partial charge < -0.3 is 70.9 Å². The van der Waals surface area contributed by atoms with Crippen LogP contribution in [0.3, 0.4) is 0 Å². The van der Waals surface area contributed by atoms with Crippen LogP contribution < -0.4 is 22.1 Å². The third-order valence-corrected chi connectivity index (χ3v) is 10.0. The fraction of sp³-hybridized carbons (Fsp3) is 0.409. The summed E-state index contributed by atoms with van der Waals surface area (Å²) in [6, 6.07) is 14.1. The third-order valence-electron chi connectivity index (χ3n) is 9.35. The minimum atomic E-state index is -2.27. The van der Waals surface area contributed by atoms with Gasteiger partial charge in [0.15, 0.2) is 12.2 Å². The van der Waals surface area contributed by atoms with Gasteiger partial charge in [-0.05, 0) is 51.0 Å². The minimum absolute atomic E-state index is 0.109. The Morgan fingerprint density at radius 2 is 0.939 bits per heavy atom. The standard InChI is InChI=1S/2C20H25ClN2O5.C4H6O6/c2*1-4-28-20(25)18-15(11-27-10-9-22)23-12(2)16(19(24)26-3)17(18)13-7-5-6-8-14(13)21;5-1(3(7)8)2(6)4(9)10/h2*5-8,17,23H,4,9-11,22H2,1-3H3;1-2,5-6H,(H,7,8)(H,9,10)/t;;1-,2-/m..0/s1. The summed E-state index contributed by atoms with van der Waals surface area (Å²) in [5.41, 5.74) is 15.4. The summed E-state index contributed by atoms with van der Waals surface area (Å²) in [5.74, 6) is -7.27. The van der Waals surface area contributed by atoms with Crippen molar-refractivity contribution in [2.75, 3.05) is 67.0 Å². The lowest BCUT2D eigenvalue weighted by molar-refractivity contribution is -0.165. The molecule has 2 aromatic carbocycles. The fourth-order valence-corrected chi connectivity index (χ4v) is 7.00. The number of benzene rings is 2. The Labute approximate surface area is 391 Å². The predicted octanol–water partition coefficient (Wildman–Crippen LogP) is 2.41. The van der Waals surface area contributed by atoms with E-state index >= 15 is 0 Å². The van der Waals surface area contributed by atoms with Crippen LogP contribution in [0, 0.1) is 0 Å². The Hall–Kier alpha value is -5.84. The average molecular weight is 968 g/mol. The van der Waals surface area contributed by atoms with Gasteiger partial charge in [0.05, 0.1) is 99.4 Å². The number of rotatable bonds is 19. The molecule has 0 fully saturated rings. The molecule has 4 rings (SSSR count). The summed E-state index contributed by atoms with van der Waals surface area (Å²) >= 11 is 12.8. The van der Waals surface area contributed by atoms with Crippen molar-refractivity contribution in [3.63, 3.8) is 0 Å². The van der Waals surface area contributed by atoms with Crippen molar-refractivity contribution in [2.45, 2.75) is 51.7 Å². The van der Waals surface area contributed by atoms with Crippen LogP contribution in [0.4, 0.5) is 0 Å². The molecule has 0 bridgehead atoms. The molecule has 0 spiro atoms. The van der Waals surface area contributed by atoms with E-state index in [1.807, 2.05) is 0 Å². The van der Waals surface area contributed by atoms with Crippen LogP contribution in [0.2, 0.25) is 10.0 Å². The summed E-state index contributed by atoms with van der Waals surface area (Å²) in [7, 11) is 2.58. The molecule has 10 N–H and O–H groups in total. The number of nitrogens with two attached hydrogens (primary N) is 2. The van der Waals surface area contributed by atoms with E-state index in [1.54, 1.807) is 76.2 Å². The number of aliphatic hydroxyl groups excluding tert-OH is 2. The van der Waals surface area contributed by atoms with Gasteiger partial charge in [-0.2, -0.15) is 0 Å². The summed E-state index contributed by atoms with van der Waals surface area (Å²) in [6.45, 7) is 8.83. The summed E-state index contributed by atoms with van der Waals surface area (Å²) in [6.07, 6.45) is -4.53. The Morgan fingerprint density at radius 3 is 1.21 bits per heavy atom. The lowest BCUT2D eigenvalue weighted by Crippen LogP contribution is -2.39. The van der Waals surface area contributed by atoms with Crippen LogP contribution in [0.1, 0.15) is 50.7 Å². The van der Waals surface area contributed by atoms with E-state index in [4.69, 9.17) is 83.5 Å². The van der Waals surface area contributed by atoms with Gasteiger partial charge in [0.1, 0.15) is 0 Å². The summed E-state index contributed by atoms with van der Waals surface area (Å²) < 4.78 is 31.6. The highest BCUT2D eigenvalue weighted by Crippen LogP contribution is 2.43. The lowest BCUT2D eigenvalue weighted by Gasteiger charge is -2.31. The highest BCUT2D eigenvalue weighted by Gasteiger charge is 2.41. The van der Waals surface area contributed by atoms with Crippen molar-refractivity contribution >= 4 is 59.0 Å². The monoisotopic (exact) mass is 966 g/mol. The first-order valence-corrected chi connectivity index (χ1v) is 20.9. The van der Waals surface area contributed by atoms with Gasteiger partial charge in [0.2, 0.25) is 0 Å². The number of aliphatic hydroxyl groups is 2. The zero-order valence-electron chi connectivity index (χ0n) is 37.2. The molecule has 0 aliphatic carbocycles. The van der Waals surface area contributed by atoms with Gasteiger partial charge in [-0.3, -0.25) is 0 Å². The number of carbonyl (C=O) groups excluding carboxylic acids is 4. The quantitative estimate of drug-likeness (QED) is 0.0569. The maximum atomic E-state index is 12.9. The van der Waals surface area contributed by atoms with E-state index in [1.165, 1.54) is 14.2 Å². The number of carboxylic acid groups (broad SMARTS) is 2. The van der Waals surface area contributed by atoms with Gasteiger partial charge in [-0.1, -0.05) is 59.6 Å². The molecule has 20 nitrogen and oxygen atoms in total. The number of dihydropyridines is 2. The van der Waals surface area contributed by atoms with Crippen LogP contribution in [-0.2, 0) is 57.2 Å². The van der Waals surface area contributed by atoms with Gasteiger partial charge in [0.25, 0.3) is 0 Å². The van der Waals surface area contributed by atoms with Gasteiger partial charge in [0, 0.05) is 34.5 Å². The Bertz CT molecular complexity index is 2040. The maximum Gasteiger partial charge on any atom is 0.336 e. The van der Waals surface area contributed by atoms with Crippen molar-refractivity contribution in [2.24, 2.45) is 11.5 Å². The first-order valence-electron chi connectivity index (χ1n) is 20.2. The Kier molecular flexibility index (Phi) is 24.1. The third kappa shape index (κ3) is 15.1. The Balaban J connectivity index is 0.000000377. The number of esters is 4. The zero-order valence-corrected chi connectivity index (χ0v) is 38.7. The highest BCUT2D eigenvalue weighted by atomic mass is 35.5. The largest absolute Gasteiger partial charge is 0.479 e. The first-order chi connectivity index (χ1) is 31.4. The van der Waals surface area contributed by atoms with Gasteiger partial charge in [-0.25, -0.2) is 28.8 Å². The number of nitrogens with one attached hydrogen (secondary N) is 2. The lowest BCUT2D eigenvalue weighted by atomic mass is 9.80. The molecule has 2 aromatic rings. The SMILES string of the molecule is CCOC(=O)C1=C(COCCN)NC(C)=C(C(=O)OC)C1c1ccccc1Cl.CCOC(=O)C1=C(COCCN)NC(C)=C(C(=O)OC)C1c1ccccc1Cl.O=C(O)[C@@H](O)[C@H](O)C(=O)O. The van der Waals surface area contributed by atoms with E-state index in [0.29, 0.717) is 81.4 Å². The number of aliphatic carboxylic acids is 2. The molecular weight excluding hydrogens is 911 g/mol. The van der Waals surface area contributed by atoms with Crippen LogP contribution in [-0.4, -0.2) is 135 Å². The van der Waals surface area contributed by atoms with E-state index < -0.39 is 59.9 Å². The molecule has 66 heavy (non-hydrogen) atoms. The van der Waals surface area contributed by atoms with Crippen molar-refractivity contribution in [3.8, 4) is 0 Å². The second kappa shape index (κ2) is 28.3. The molecule has 2 unspecified atom stereocenters. The van der Waals surface area contributed by atoms with Crippen LogP contribution in [0.15, 0.2) is 93.6 Å². The molecule has 0 saturated carbocycles. The van der Waals surface area contributed by atoms with Crippen LogP contribution in [0.25, 0.3) is 0 Å². The van der Waals surface area contributed by atoms with E-state index in [9.17, 15) is 28.8 Å². The number of allylic oxidation sites excluding steroid dienone is 2. The fourth-order valence-electron chi connectivity index (χ4n) is 6.51. The molecule has 0 saturated heterocycles. The number of carbonyl (C=O) groups is 6. The summed E-state index contributed by atoms with van der Waals surface area (Å²) in [4.78, 5) is 70.5. The molecule has 362 valence electrons. The normalized spacial score (nSPS) is 16.5. The molecule has 0 amide bonds. The van der Waals surface area contributed by atoms with E-state index in [2.05, 4.69) is 10.6 Å². The number of carboxylic acids is 2. The zero-order chi connectivity index (χ0) is 49.7. The van der Waals surface area contributed by atoms with Crippen molar-refractivity contribution in [3.05, 3.63) is 115 Å². The number of methoxy groups -OCH3 is 2. The number of hydrogen-bond acceptors (Lipinski definition) is 18. The van der Waals surface area contributed by atoms with Crippen LogP contribution in [0.5, 0.6) is 0 Å². The molecule has 0 radical (unpaired) electrons. The molecule has 0 aromatic heterocycles. The molecule has 2 aliphatic heterocycles. The highest BCUT2D eigenvalue weighted by molar-refractivity contribution is 6.32. The van der Waals surface area contributed by atoms with Crippen molar-refractivity contribution < 1.29 is 77.6 Å². The van der Waals surface area contributed by atoms with Gasteiger partial charge in [-0.15, -0.1) is 0 Å². The second-order valence-electron chi connectivity index (χ2n) is 13.7. The number of ether oxygens (including phenoxy) is 6. The molecule has 4 atom stereocenters. The van der Waals surface area contributed by atoms with Gasteiger partial charge >= 0.3 is 35.8 Å². The topological polar surface area (TPSA) is 315 Å². The molecule has 2 heterocycles. The average Bonchev–Trinajstić information content (AvgIpc) is 3.28. The van der Waals surface area contributed by atoms with Crippen molar-refractivity contribution in [1.29, 1.82) is 0 Å². The van der Waals surface area contributed by atoms with Crippen LogP contribution >= 0.6 is 23.2 Å². The minimum Gasteiger partial charge on any atom is -0.479 e. The Morgan fingerprint density at radius 1 is 0.606 bits per heavy atom. The second-order valence-corrected chi connectivity index (χ2v) is 14.5. The first kappa shape index (κ1) is 56.3. The number of hydrogen-bond donors (Lipinski definition) is 8. The molecule has 2 aliphatic rings. The van der Waals surface area contributed by atoms with Crippen molar-refractivity contribution in [1.82, 2.24) is 10.6 Å². The maximum absolute atomic E-state index is 12.9. The smallest absolute Gasteiger partial charge is 0.336 e. The van der Waals surface area contributed by atoms with E-state index in [0.717, 1.165) is 0 Å². The molecule has 22 heteroatoms. The number of halogens is 2. The summed E-state index contributed by atoms with van der Waals surface area (Å²) in [5, 5.41) is 39.6.